The number of nitrogens with zero attached hydrogens (tertiary/aromatic N) is 1. The lowest BCUT2D eigenvalue weighted by Crippen LogP contribution is -2.29. The van der Waals surface area contributed by atoms with Crippen LogP contribution in [0.2, 0.25) is 0 Å². The largest absolute Gasteiger partial charge is 0.785 e. The fourth-order valence-electron chi connectivity index (χ4n) is 0.699. The predicted octanol–water partition coefficient (Wildman–Crippen LogP) is 1.85. The first kappa shape index (κ1) is 8.92. The van der Waals surface area contributed by atoms with Crippen LogP contribution in [0.1, 0.15) is 27.2 Å². The van der Waals surface area contributed by atoms with Crippen molar-refractivity contribution in [2.45, 2.75) is 33.2 Å². The average Bonchev–Trinajstić information content (AvgIpc) is 1.84. The summed E-state index contributed by atoms with van der Waals surface area (Å²) < 4.78 is 0. The smallest absolute Gasteiger partial charge is 0.00310 e. The topological polar surface area (TPSA) is 26.3 Å². The summed E-state index contributed by atoms with van der Waals surface area (Å²) in [4.78, 5) is 0. The predicted molar refractivity (Wildman–Crippen MR) is 40.0 cm³/mol. The van der Waals surface area contributed by atoms with Crippen molar-refractivity contribution in [3.8, 4) is 0 Å². The highest BCUT2D eigenvalue weighted by atomic mass is 16.5. The van der Waals surface area contributed by atoms with Crippen molar-refractivity contribution < 1.29 is 0 Å². The minimum Gasteiger partial charge on any atom is -0.785 e. The molecule has 0 saturated carbocycles. The van der Waals surface area contributed by atoms with Crippen LogP contribution in [0.4, 0.5) is 0 Å². The number of hydroxylamine groups is 2. The maximum Gasteiger partial charge on any atom is -0.00310 e. The molecule has 0 fully saturated rings. The highest BCUT2D eigenvalue weighted by Gasteiger charge is 2.07. The molecule has 0 aliphatic heterocycles. The van der Waals surface area contributed by atoms with Crippen LogP contribution in [0.5, 0.6) is 0 Å². The van der Waals surface area contributed by atoms with Crippen LogP contribution in [-0.2, 0) is 0 Å². The zero-order valence-corrected chi connectivity index (χ0v) is 6.72. The lowest BCUT2D eigenvalue weighted by atomic mass is 10.0. The summed E-state index contributed by atoms with van der Waals surface area (Å²) in [7, 11) is 1.58. The third-order valence-electron chi connectivity index (χ3n) is 2.04. The van der Waals surface area contributed by atoms with Crippen molar-refractivity contribution in [3.05, 3.63) is 5.21 Å². The van der Waals surface area contributed by atoms with Gasteiger partial charge in [-0.15, -0.1) is 0 Å². The molecule has 0 aromatic rings. The lowest BCUT2D eigenvalue weighted by Gasteiger charge is -2.34. The van der Waals surface area contributed by atoms with Gasteiger partial charge < -0.3 is 10.3 Å². The standard InChI is InChI=1S/C7H16NO/c1-5-6(2)7(3)8(4)9/h6-7H,5H2,1-4H3/q-1. The number of rotatable bonds is 3. The van der Waals surface area contributed by atoms with Crippen LogP contribution in [-0.4, -0.2) is 18.2 Å². The Morgan fingerprint density at radius 2 is 1.89 bits per heavy atom. The van der Waals surface area contributed by atoms with Crippen LogP contribution in [0, 0.1) is 11.1 Å². The van der Waals surface area contributed by atoms with Gasteiger partial charge in [-0.1, -0.05) is 27.2 Å². The van der Waals surface area contributed by atoms with E-state index in [9.17, 15) is 5.21 Å². The van der Waals surface area contributed by atoms with Gasteiger partial charge in [-0.3, -0.25) is 0 Å². The average molecular weight is 130 g/mol. The minimum atomic E-state index is 0.162. The van der Waals surface area contributed by atoms with Crippen LogP contribution in [0.15, 0.2) is 0 Å². The molecule has 56 valence electrons. The molecule has 0 aliphatic carbocycles. The molecule has 2 atom stereocenters. The molecule has 0 amide bonds. The van der Waals surface area contributed by atoms with Crippen molar-refractivity contribution in [2.75, 3.05) is 7.05 Å². The van der Waals surface area contributed by atoms with E-state index in [1.807, 2.05) is 6.92 Å². The molecular weight excluding hydrogens is 114 g/mol. The molecule has 0 spiro atoms. The molecule has 0 heterocycles. The summed E-state index contributed by atoms with van der Waals surface area (Å²) in [6, 6.07) is 0.162. The van der Waals surface area contributed by atoms with Gasteiger partial charge >= 0.3 is 0 Å². The van der Waals surface area contributed by atoms with E-state index in [0.717, 1.165) is 11.5 Å². The van der Waals surface area contributed by atoms with Gasteiger partial charge in [0.05, 0.1) is 0 Å². The Bertz CT molecular complexity index is 73.3. The third-order valence-corrected chi connectivity index (χ3v) is 2.04. The molecule has 0 aromatic carbocycles. The second kappa shape index (κ2) is 3.85. The first-order valence-corrected chi connectivity index (χ1v) is 3.49. The molecule has 0 saturated heterocycles. The molecule has 0 aromatic heterocycles. The Hall–Kier alpha value is -0.0800. The highest BCUT2D eigenvalue weighted by molar-refractivity contribution is 4.68. The SMILES string of the molecule is CCC(C)C(C)N(C)[O-]. The van der Waals surface area contributed by atoms with E-state index in [1.54, 1.807) is 7.05 Å². The zero-order chi connectivity index (χ0) is 7.44. The molecule has 2 heteroatoms. The third kappa shape index (κ3) is 2.82. The Labute approximate surface area is 57.4 Å². The van der Waals surface area contributed by atoms with E-state index < -0.39 is 0 Å². The second-order valence-corrected chi connectivity index (χ2v) is 2.67. The van der Waals surface area contributed by atoms with Crippen molar-refractivity contribution in [1.29, 1.82) is 0 Å². The van der Waals surface area contributed by atoms with Crippen LogP contribution in [0.3, 0.4) is 0 Å². The minimum absolute atomic E-state index is 0.162. The van der Waals surface area contributed by atoms with Crippen LogP contribution < -0.4 is 0 Å². The van der Waals surface area contributed by atoms with E-state index in [1.165, 1.54) is 0 Å². The van der Waals surface area contributed by atoms with E-state index in [4.69, 9.17) is 0 Å². The van der Waals surface area contributed by atoms with E-state index in [-0.39, 0.29) is 6.04 Å². The molecule has 2 nitrogen and oxygen atoms in total. The maximum atomic E-state index is 10.7. The molecule has 0 N–H and O–H groups in total. The molecular formula is C7H16NO-. The van der Waals surface area contributed by atoms with E-state index in [0.29, 0.717) is 5.92 Å². The Morgan fingerprint density at radius 3 is 2.00 bits per heavy atom. The summed E-state index contributed by atoms with van der Waals surface area (Å²) >= 11 is 0. The normalized spacial score (nSPS) is 18.0. The molecule has 0 aliphatic rings. The summed E-state index contributed by atoms with van der Waals surface area (Å²) in [5.41, 5.74) is 0. The fourth-order valence-corrected chi connectivity index (χ4v) is 0.699. The van der Waals surface area contributed by atoms with Crippen molar-refractivity contribution >= 4 is 0 Å². The highest BCUT2D eigenvalue weighted by Crippen LogP contribution is 2.10. The van der Waals surface area contributed by atoms with Crippen molar-refractivity contribution in [3.63, 3.8) is 0 Å². The summed E-state index contributed by atoms with van der Waals surface area (Å²) in [6.45, 7) is 6.16. The molecule has 0 radical (unpaired) electrons. The monoisotopic (exact) mass is 130 g/mol. The van der Waals surface area contributed by atoms with Crippen LogP contribution >= 0.6 is 0 Å². The van der Waals surface area contributed by atoms with E-state index in [2.05, 4.69) is 13.8 Å². The van der Waals surface area contributed by atoms with Gasteiger partial charge in [-0.25, -0.2) is 0 Å². The van der Waals surface area contributed by atoms with E-state index >= 15 is 0 Å². The first-order chi connectivity index (χ1) is 4.09. The second-order valence-electron chi connectivity index (χ2n) is 2.67. The number of hydrogen-bond acceptors (Lipinski definition) is 2. The molecule has 9 heavy (non-hydrogen) atoms. The van der Waals surface area contributed by atoms with Gasteiger partial charge in [-0.2, -0.15) is 0 Å². The summed E-state index contributed by atoms with van der Waals surface area (Å²) in [5, 5.41) is 11.7. The Kier molecular flexibility index (Phi) is 3.82. The van der Waals surface area contributed by atoms with Crippen LogP contribution in [0.25, 0.3) is 0 Å². The maximum absolute atomic E-state index is 10.7. The number of hydrogen-bond donors (Lipinski definition) is 0. The van der Waals surface area contributed by atoms with Gasteiger partial charge in [0, 0.05) is 0 Å². The summed E-state index contributed by atoms with van der Waals surface area (Å²) in [6.07, 6.45) is 1.08. The summed E-state index contributed by atoms with van der Waals surface area (Å²) in [5.74, 6) is 0.507. The first-order valence-electron chi connectivity index (χ1n) is 3.49. The molecule has 0 bridgehead atoms. The Balaban J connectivity index is 3.58. The molecule has 0 rings (SSSR count). The van der Waals surface area contributed by atoms with Crippen molar-refractivity contribution in [1.82, 2.24) is 5.06 Å². The zero-order valence-electron chi connectivity index (χ0n) is 6.72. The van der Waals surface area contributed by atoms with Gasteiger partial charge in [0.15, 0.2) is 0 Å². The van der Waals surface area contributed by atoms with Gasteiger partial charge in [-0.05, 0) is 19.0 Å². The van der Waals surface area contributed by atoms with Gasteiger partial charge in [0.25, 0.3) is 0 Å². The van der Waals surface area contributed by atoms with Crippen molar-refractivity contribution in [2.24, 2.45) is 5.92 Å². The van der Waals surface area contributed by atoms with Gasteiger partial charge in [0.1, 0.15) is 0 Å². The lowest BCUT2D eigenvalue weighted by molar-refractivity contribution is 0.262. The Morgan fingerprint density at radius 1 is 1.44 bits per heavy atom. The van der Waals surface area contributed by atoms with Gasteiger partial charge in [0.2, 0.25) is 0 Å². The molecule has 2 unspecified atom stereocenters. The quantitative estimate of drug-likeness (QED) is 0.545. The fraction of sp³-hybridized carbons (Fsp3) is 1.00.